The number of sulfonamides is 1. The molecule has 1 amide bonds. The van der Waals surface area contributed by atoms with Crippen molar-refractivity contribution in [3.05, 3.63) is 41.7 Å². The molecule has 0 radical (unpaired) electrons. The molecule has 8 heteroatoms. The molecule has 0 spiro atoms. The van der Waals surface area contributed by atoms with E-state index in [1.165, 1.54) is 21.1 Å². The summed E-state index contributed by atoms with van der Waals surface area (Å²) >= 11 is 0. The third-order valence-electron chi connectivity index (χ3n) is 5.28. The second-order valence-corrected chi connectivity index (χ2v) is 10.5. The Morgan fingerprint density at radius 3 is 2.38 bits per heavy atom. The van der Waals surface area contributed by atoms with E-state index in [0.29, 0.717) is 18.8 Å². The summed E-state index contributed by atoms with van der Waals surface area (Å²) in [5.74, 6) is -0.518. The Balaban J connectivity index is 1.86. The molecule has 3 rings (SSSR count). The van der Waals surface area contributed by atoms with Gasteiger partial charge in [-0.1, -0.05) is 33.3 Å². The van der Waals surface area contributed by atoms with Crippen molar-refractivity contribution < 1.29 is 18.3 Å². The van der Waals surface area contributed by atoms with Gasteiger partial charge in [0.05, 0.1) is 5.69 Å². The lowest BCUT2D eigenvalue weighted by Gasteiger charge is -2.25. The summed E-state index contributed by atoms with van der Waals surface area (Å²) < 4.78 is 28.7. The Kier molecular flexibility index (Phi) is 5.78. The first-order valence-electron chi connectivity index (χ1n) is 9.81. The van der Waals surface area contributed by atoms with E-state index in [1.54, 1.807) is 19.2 Å². The van der Waals surface area contributed by atoms with Crippen molar-refractivity contribution in [2.24, 2.45) is 7.05 Å². The number of aromatic nitrogens is 1. The molecule has 29 heavy (non-hydrogen) atoms. The molecule has 1 aromatic carbocycles. The number of phenolic OH excluding ortho intramolecular Hbond substituents is 1. The topological polar surface area (TPSA) is 91.6 Å². The van der Waals surface area contributed by atoms with E-state index in [2.05, 4.69) is 5.32 Å². The van der Waals surface area contributed by atoms with Crippen LogP contribution in [0.25, 0.3) is 0 Å². The summed E-state index contributed by atoms with van der Waals surface area (Å²) in [6, 6.07) is 6.50. The van der Waals surface area contributed by atoms with Crippen LogP contribution in [0, 0.1) is 0 Å². The predicted octanol–water partition coefficient (Wildman–Crippen LogP) is 3.46. The summed E-state index contributed by atoms with van der Waals surface area (Å²) in [6.07, 6.45) is 4.20. The molecule has 7 nitrogen and oxygen atoms in total. The van der Waals surface area contributed by atoms with Crippen molar-refractivity contribution in [3.8, 4) is 5.75 Å². The molecule has 2 heterocycles. The lowest BCUT2D eigenvalue weighted by atomic mass is 9.87. The second kappa shape index (κ2) is 7.84. The van der Waals surface area contributed by atoms with Crippen molar-refractivity contribution in [1.29, 1.82) is 0 Å². The molecule has 1 aliphatic heterocycles. The zero-order valence-corrected chi connectivity index (χ0v) is 18.2. The number of anilines is 1. The molecule has 2 N–H and O–H groups in total. The zero-order valence-electron chi connectivity index (χ0n) is 17.4. The minimum Gasteiger partial charge on any atom is -0.506 e. The van der Waals surface area contributed by atoms with Crippen molar-refractivity contribution in [2.75, 3.05) is 18.4 Å². The van der Waals surface area contributed by atoms with Gasteiger partial charge in [-0.3, -0.25) is 4.79 Å². The third kappa shape index (κ3) is 4.48. The maximum absolute atomic E-state index is 12.9. The minimum atomic E-state index is -3.62. The number of hydrogen-bond donors (Lipinski definition) is 2. The summed E-state index contributed by atoms with van der Waals surface area (Å²) in [6.45, 7) is 7.14. The molecule has 0 atom stereocenters. The smallest absolute Gasteiger partial charge is 0.272 e. The van der Waals surface area contributed by atoms with Gasteiger partial charge in [0, 0.05) is 26.3 Å². The fourth-order valence-electron chi connectivity index (χ4n) is 3.44. The Morgan fingerprint density at radius 1 is 1.10 bits per heavy atom. The van der Waals surface area contributed by atoms with Crippen LogP contribution >= 0.6 is 0 Å². The SMILES string of the molecule is Cn1cc(S(=O)(=O)N2CCCCC2)cc1C(=O)Nc1cc(C(C)(C)C)ccc1O. The van der Waals surface area contributed by atoms with Crippen LogP contribution in [0.1, 0.15) is 56.1 Å². The van der Waals surface area contributed by atoms with E-state index in [0.717, 1.165) is 24.8 Å². The van der Waals surface area contributed by atoms with Gasteiger partial charge < -0.3 is 15.0 Å². The summed E-state index contributed by atoms with van der Waals surface area (Å²) in [5.41, 5.74) is 1.32. The van der Waals surface area contributed by atoms with E-state index in [9.17, 15) is 18.3 Å². The van der Waals surface area contributed by atoms with Crippen LogP contribution in [0.4, 0.5) is 5.69 Å². The summed E-state index contributed by atoms with van der Waals surface area (Å²) in [7, 11) is -1.99. The number of piperidine rings is 1. The molecule has 1 aromatic heterocycles. The van der Waals surface area contributed by atoms with Crippen molar-refractivity contribution >= 4 is 21.6 Å². The number of carbonyl (C=O) groups excluding carboxylic acids is 1. The van der Waals surface area contributed by atoms with E-state index in [1.807, 2.05) is 26.8 Å². The van der Waals surface area contributed by atoms with E-state index in [-0.39, 0.29) is 21.8 Å². The highest BCUT2D eigenvalue weighted by Crippen LogP contribution is 2.31. The van der Waals surface area contributed by atoms with E-state index in [4.69, 9.17) is 0 Å². The zero-order chi connectivity index (χ0) is 21.4. The number of aromatic hydroxyl groups is 1. The number of carbonyl (C=O) groups is 1. The highest BCUT2D eigenvalue weighted by Gasteiger charge is 2.28. The van der Waals surface area contributed by atoms with Crippen LogP contribution in [0.3, 0.4) is 0 Å². The predicted molar refractivity (Wildman–Crippen MR) is 113 cm³/mol. The summed E-state index contributed by atoms with van der Waals surface area (Å²) in [4.78, 5) is 12.9. The van der Waals surface area contributed by atoms with Crippen LogP contribution in [0.15, 0.2) is 35.4 Å². The Hall–Kier alpha value is -2.32. The number of amides is 1. The van der Waals surface area contributed by atoms with Crippen LogP contribution in [-0.4, -0.2) is 41.4 Å². The Labute approximate surface area is 172 Å². The molecule has 0 bridgehead atoms. The fraction of sp³-hybridized carbons (Fsp3) is 0.476. The van der Waals surface area contributed by atoms with Crippen molar-refractivity contribution in [3.63, 3.8) is 0 Å². The number of aryl methyl sites for hydroxylation is 1. The van der Waals surface area contributed by atoms with E-state index < -0.39 is 15.9 Å². The maximum atomic E-state index is 12.9. The average Bonchev–Trinajstić information content (AvgIpc) is 3.06. The van der Waals surface area contributed by atoms with Gasteiger partial charge in [-0.2, -0.15) is 4.31 Å². The van der Waals surface area contributed by atoms with Crippen LogP contribution in [-0.2, 0) is 22.5 Å². The summed E-state index contributed by atoms with van der Waals surface area (Å²) in [5, 5.41) is 12.9. The molecule has 158 valence electrons. The first-order valence-corrected chi connectivity index (χ1v) is 11.3. The van der Waals surface area contributed by atoms with Gasteiger partial charge in [0.25, 0.3) is 5.91 Å². The van der Waals surface area contributed by atoms with Crippen molar-refractivity contribution in [1.82, 2.24) is 8.87 Å². The molecular weight excluding hydrogens is 390 g/mol. The number of hydrogen-bond acceptors (Lipinski definition) is 4. The molecule has 1 aliphatic rings. The standard InChI is InChI=1S/C21H29N3O4S/c1-21(2,3)15-8-9-19(25)17(12-15)22-20(26)18-13-16(14-23(18)4)29(27,28)24-10-6-5-7-11-24/h8-9,12-14,25H,5-7,10-11H2,1-4H3,(H,22,26). The molecule has 1 saturated heterocycles. The van der Waals surface area contributed by atoms with Gasteiger partial charge >= 0.3 is 0 Å². The lowest BCUT2D eigenvalue weighted by Crippen LogP contribution is -2.35. The largest absolute Gasteiger partial charge is 0.506 e. The molecule has 1 fully saturated rings. The number of phenols is 1. The van der Waals surface area contributed by atoms with Gasteiger partial charge in [0.15, 0.2) is 0 Å². The van der Waals surface area contributed by atoms with Gasteiger partial charge in [-0.15, -0.1) is 0 Å². The van der Waals surface area contributed by atoms with E-state index >= 15 is 0 Å². The number of nitrogens with one attached hydrogen (secondary N) is 1. The normalized spacial score (nSPS) is 16.0. The lowest BCUT2D eigenvalue weighted by molar-refractivity contribution is 0.101. The Bertz CT molecular complexity index is 1010. The molecule has 0 unspecified atom stereocenters. The number of rotatable bonds is 4. The highest BCUT2D eigenvalue weighted by atomic mass is 32.2. The average molecular weight is 420 g/mol. The van der Waals surface area contributed by atoms with Gasteiger partial charge in [0.2, 0.25) is 10.0 Å². The second-order valence-electron chi connectivity index (χ2n) is 8.57. The Morgan fingerprint density at radius 2 is 1.76 bits per heavy atom. The first-order chi connectivity index (χ1) is 13.5. The molecule has 0 aliphatic carbocycles. The van der Waals surface area contributed by atoms with Gasteiger partial charge in [-0.25, -0.2) is 8.42 Å². The number of benzene rings is 1. The van der Waals surface area contributed by atoms with Crippen molar-refractivity contribution in [2.45, 2.75) is 50.3 Å². The van der Waals surface area contributed by atoms with Crippen LogP contribution < -0.4 is 5.32 Å². The highest BCUT2D eigenvalue weighted by molar-refractivity contribution is 7.89. The molecular formula is C21H29N3O4S. The first kappa shape index (κ1) is 21.4. The minimum absolute atomic E-state index is 0.0401. The molecule has 2 aromatic rings. The van der Waals surface area contributed by atoms with Crippen LogP contribution in [0.2, 0.25) is 0 Å². The van der Waals surface area contributed by atoms with Gasteiger partial charge in [0.1, 0.15) is 16.3 Å². The fourth-order valence-corrected chi connectivity index (χ4v) is 5.03. The maximum Gasteiger partial charge on any atom is 0.272 e. The third-order valence-corrected chi connectivity index (χ3v) is 7.14. The number of nitrogens with zero attached hydrogens (tertiary/aromatic N) is 2. The van der Waals surface area contributed by atoms with Crippen LogP contribution in [0.5, 0.6) is 5.75 Å². The quantitative estimate of drug-likeness (QED) is 0.743. The monoisotopic (exact) mass is 419 g/mol. The molecule has 0 saturated carbocycles. The van der Waals surface area contributed by atoms with Gasteiger partial charge in [-0.05, 0) is 42.0 Å².